The van der Waals surface area contributed by atoms with Gasteiger partial charge in [0.2, 0.25) is 0 Å². The predicted octanol–water partition coefficient (Wildman–Crippen LogP) is 2.99. The van der Waals surface area contributed by atoms with E-state index in [2.05, 4.69) is 24.1 Å². The average molecular weight is 297 g/mol. The van der Waals surface area contributed by atoms with Gasteiger partial charge in [-0.2, -0.15) is 0 Å². The van der Waals surface area contributed by atoms with Gasteiger partial charge in [-0.25, -0.2) is 4.98 Å². The summed E-state index contributed by atoms with van der Waals surface area (Å²) in [5, 5.41) is 4.66. The van der Waals surface area contributed by atoms with Gasteiger partial charge in [-0.05, 0) is 25.2 Å². The zero-order chi connectivity index (χ0) is 14.4. The molecule has 0 amide bonds. The van der Waals surface area contributed by atoms with E-state index in [0.29, 0.717) is 5.92 Å². The summed E-state index contributed by atoms with van der Waals surface area (Å²) in [5.74, 6) is 0.490. The summed E-state index contributed by atoms with van der Waals surface area (Å²) >= 11 is 1.86. The Morgan fingerprint density at radius 1 is 1.30 bits per heavy atom. The van der Waals surface area contributed by atoms with Crippen LogP contribution in [-0.4, -0.2) is 38.3 Å². The fourth-order valence-corrected chi connectivity index (χ4v) is 3.76. The number of nitrogens with one attached hydrogen (secondary N) is 1. The molecule has 0 atom stereocenters. The lowest BCUT2D eigenvalue weighted by Crippen LogP contribution is -2.29. The van der Waals surface area contributed by atoms with Crippen molar-refractivity contribution < 1.29 is 4.74 Å². The van der Waals surface area contributed by atoms with Gasteiger partial charge in [0.05, 0.1) is 12.3 Å². The molecule has 2 rings (SSSR count). The first kappa shape index (κ1) is 15.7. The molecule has 0 radical (unpaired) electrons. The normalized spacial score (nSPS) is 16.1. The van der Waals surface area contributed by atoms with E-state index in [0.717, 1.165) is 19.7 Å². The summed E-state index contributed by atoms with van der Waals surface area (Å²) in [4.78, 5) is 8.75. The third-order valence-electron chi connectivity index (χ3n) is 3.66. The lowest BCUT2D eigenvalue weighted by molar-refractivity contribution is 0.199. The molecule has 5 heteroatoms. The molecular weight excluding hydrogens is 270 g/mol. The third-order valence-corrected chi connectivity index (χ3v) is 4.79. The number of thiazole rings is 1. The van der Waals surface area contributed by atoms with Crippen LogP contribution in [0.2, 0.25) is 0 Å². The number of methoxy groups -OCH3 is 1. The number of hydrogen-bond acceptors (Lipinski definition) is 5. The Hall–Kier alpha value is -0.650. The maximum Gasteiger partial charge on any atom is 0.185 e. The molecule has 1 aromatic rings. The molecule has 0 spiro atoms. The molecule has 1 aliphatic rings. The van der Waals surface area contributed by atoms with Crippen LogP contribution in [0.15, 0.2) is 0 Å². The van der Waals surface area contributed by atoms with Crippen molar-refractivity contribution >= 4 is 16.5 Å². The molecule has 2 heterocycles. The molecule has 20 heavy (non-hydrogen) atoms. The van der Waals surface area contributed by atoms with Gasteiger partial charge in [-0.1, -0.05) is 13.8 Å². The van der Waals surface area contributed by atoms with Crippen LogP contribution in [0.4, 0.5) is 5.13 Å². The van der Waals surface area contributed by atoms with Crippen LogP contribution in [0.3, 0.4) is 0 Å². The Balaban J connectivity index is 2.02. The minimum absolute atomic E-state index is 0.490. The number of rotatable bonds is 7. The maximum absolute atomic E-state index is 5.07. The van der Waals surface area contributed by atoms with Crippen LogP contribution in [-0.2, 0) is 11.3 Å². The lowest BCUT2D eigenvalue weighted by Gasteiger charge is -2.25. The number of aromatic nitrogens is 1. The van der Waals surface area contributed by atoms with Crippen molar-refractivity contribution in [3.05, 3.63) is 10.6 Å². The molecule has 1 N–H and O–H groups in total. The highest BCUT2D eigenvalue weighted by atomic mass is 32.1. The number of ether oxygens (including phenoxy) is 1. The molecule has 0 unspecified atom stereocenters. The van der Waals surface area contributed by atoms with Gasteiger partial charge in [0, 0.05) is 38.2 Å². The maximum atomic E-state index is 5.07. The van der Waals surface area contributed by atoms with E-state index in [-0.39, 0.29) is 0 Å². The molecule has 1 fully saturated rings. The van der Waals surface area contributed by atoms with Gasteiger partial charge < -0.3 is 15.0 Å². The van der Waals surface area contributed by atoms with Gasteiger partial charge >= 0.3 is 0 Å². The summed E-state index contributed by atoms with van der Waals surface area (Å²) in [6.07, 6.45) is 3.97. The Bertz CT molecular complexity index is 400. The lowest BCUT2D eigenvalue weighted by atomic mass is 10.1. The van der Waals surface area contributed by atoms with Crippen molar-refractivity contribution in [2.45, 2.75) is 45.6 Å². The average Bonchev–Trinajstić information content (AvgIpc) is 2.89. The molecule has 4 nitrogen and oxygen atoms in total. The number of nitrogens with zero attached hydrogens (tertiary/aromatic N) is 2. The second-order valence-electron chi connectivity index (χ2n) is 5.68. The second-order valence-corrected chi connectivity index (χ2v) is 6.74. The summed E-state index contributed by atoms with van der Waals surface area (Å²) in [6, 6.07) is 0. The highest BCUT2D eigenvalue weighted by Crippen LogP contribution is 2.32. The highest BCUT2D eigenvalue weighted by Gasteiger charge is 2.19. The number of piperidine rings is 1. The zero-order valence-corrected chi connectivity index (χ0v) is 13.8. The van der Waals surface area contributed by atoms with Crippen molar-refractivity contribution in [1.29, 1.82) is 0 Å². The molecule has 1 aromatic heterocycles. The molecule has 1 aliphatic heterocycles. The fraction of sp³-hybridized carbons (Fsp3) is 0.800. The first-order valence-electron chi connectivity index (χ1n) is 7.66. The second kappa shape index (κ2) is 7.96. The van der Waals surface area contributed by atoms with Gasteiger partial charge in [0.25, 0.3) is 0 Å². The summed E-state index contributed by atoms with van der Waals surface area (Å²) in [6.45, 7) is 9.35. The molecule has 0 saturated carbocycles. The largest absolute Gasteiger partial charge is 0.383 e. The zero-order valence-electron chi connectivity index (χ0n) is 12.9. The van der Waals surface area contributed by atoms with Gasteiger partial charge in [-0.15, -0.1) is 11.3 Å². The molecule has 114 valence electrons. The van der Waals surface area contributed by atoms with Crippen molar-refractivity contribution in [3.63, 3.8) is 0 Å². The van der Waals surface area contributed by atoms with E-state index in [1.165, 1.54) is 48.1 Å². The van der Waals surface area contributed by atoms with Crippen LogP contribution in [0.5, 0.6) is 0 Å². The number of hydrogen-bond donors (Lipinski definition) is 1. The Morgan fingerprint density at radius 3 is 2.70 bits per heavy atom. The Kier molecular flexibility index (Phi) is 6.26. The van der Waals surface area contributed by atoms with Gasteiger partial charge in [0.15, 0.2) is 5.13 Å². The minimum Gasteiger partial charge on any atom is -0.383 e. The highest BCUT2D eigenvalue weighted by molar-refractivity contribution is 7.15. The van der Waals surface area contributed by atoms with E-state index in [1.807, 2.05) is 11.3 Å². The number of anilines is 1. The third kappa shape index (κ3) is 4.17. The van der Waals surface area contributed by atoms with Crippen molar-refractivity contribution in [2.24, 2.45) is 0 Å². The smallest absolute Gasteiger partial charge is 0.185 e. The fourth-order valence-electron chi connectivity index (χ4n) is 2.53. The van der Waals surface area contributed by atoms with Crippen LogP contribution in [0.25, 0.3) is 0 Å². The van der Waals surface area contributed by atoms with Crippen LogP contribution in [0, 0.1) is 0 Å². The van der Waals surface area contributed by atoms with Crippen molar-refractivity contribution in [1.82, 2.24) is 10.3 Å². The van der Waals surface area contributed by atoms with Crippen molar-refractivity contribution in [2.75, 3.05) is 38.3 Å². The van der Waals surface area contributed by atoms with Gasteiger partial charge in [0.1, 0.15) is 0 Å². The monoisotopic (exact) mass is 297 g/mol. The first-order chi connectivity index (χ1) is 9.72. The van der Waals surface area contributed by atoms with Crippen LogP contribution < -0.4 is 10.2 Å². The van der Waals surface area contributed by atoms with E-state index < -0.39 is 0 Å². The minimum atomic E-state index is 0.490. The summed E-state index contributed by atoms with van der Waals surface area (Å²) in [7, 11) is 1.74. The molecule has 0 aliphatic carbocycles. The molecular formula is C15H27N3OS. The summed E-state index contributed by atoms with van der Waals surface area (Å²) in [5.41, 5.74) is 1.26. The SMILES string of the molecule is COCCNCc1sc(N2CCCCC2)nc1C(C)C. The molecule has 1 saturated heterocycles. The van der Waals surface area contributed by atoms with Gasteiger partial charge in [-0.3, -0.25) is 0 Å². The van der Waals surface area contributed by atoms with E-state index in [9.17, 15) is 0 Å². The van der Waals surface area contributed by atoms with Crippen molar-refractivity contribution in [3.8, 4) is 0 Å². The van der Waals surface area contributed by atoms with E-state index in [4.69, 9.17) is 9.72 Å². The van der Waals surface area contributed by atoms with E-state index >= 15 is 0 Å². The summed E-state index contributed by atoms with van der Waals surface area (Å²) < 4.78 is 5.07. The van der Waals surface area contributed by atoms with Crippen LogP contribution in [0.1, 0.15) is 49.6 Å². The first-order valence-corrected chi connectivity index (χ1v) is 8.48. The Morgan fingerprint density at radius 2 is 2.05 bits per heavy atom. The quantitative estimate of drug-likeness (QED) is 0.785. The molecule has 0 aromatic carbocycles. The Labute approximate surface area is 126 Å². The standard InChI is InChI=1S/C15H27N3OS/c1-12(2)14-13(11-16-7-10-19-3)20-15(17-14)18-8-5-4-6-9-18/h12,16H,4-11H2,1-3H3. The molecule has 0 bridgehead atoms. The van der Waals surface area contributed by atoms with E-state index in [1.54, 1.807) is 7.11 Å². The van der Waals surface area contributed by atoms with Crippen LogP contribution >= 0.6 is 11.3 Å². The predicted molar refractivity (Wildman–Crippen MR) is 85.8 cm³/mol. The topological polar surface area (TPSA) is 37.4 Å².